The molecule has 1 amide bonds. The van der Waals surface area contributed by atoms with Crippen LogP contribution in [0.25, 0.3) is 0 Å². The largest absolute Gasteiger partial charge is 0.479 e. The van der Waals surface area contributed by atoms with Crippen LogP contribution in [0.5, 0.6) is 0 Å². The summed E-state index contributed by atoms with van der Waals surface area (Å²) in [5, 5.41) is 12.0. The molecule has 1 aromatic rings. The van der Waals surface area contributed by atoms with Gasteiger partial charge in [0.2, 0.25) is 5.91 Å². The van der Waals surface area contributed by atoms with Gasteiger partial charge in [0, 0.05) is 13.0 Å². The van der Waals surface area contributed by atoms with E-state index in [1.807, 2.05) is 6.07 Å². The van der Waals surface area contributed by atoms with Gasteiger partial charge in [0.25, 0.3) is 0 Å². The third kappa shape index (κ3) is 2.78. The Morgan fingerprint density at radius 3 is 2.81 bits per heavy atom. The Hall–Kier alpha value is -1.88. The molecule has 1 heterocycles. The van der Waals surface area contributed by atoms with Crippen molar-refractivity contribution in [3.63, 3.8) is 0 Å². The van der Waals surface area contributed by atoms with Crippen molar-refractivity contribution in [2.24, 2.45) is 0 Å². The van der Waals surface area contributed by atoms with Gasteiger partial charge >= 0.3 is 5.97 Å². The standard InChI is InChI=1S/C16H19NO4/c18-14(17-16(15(19)20)6-7-21-10-16)9-11-4-5-12-2-1-3-13(12)8-11/h4-5,8H,1-3,6-7,9-10H2,(H,17,18)(H,19,20). The number of benzene rings is 1. The van der Waals surface area contributed by atoms with E-state index in [1.165, 1.54) is 17.5 Å². The maximum absolute atomic E-state index is 12.1. The minimum Gasteiger partial charge on any atom is -0.479 e. The highest BCUT2D eigenvalue weighted by atomic mass is 16.5. The SMILES string of the molecule is O=C(Cc1ccc2c(c1)CCC2)NC1(C(=O)O)CCOC1. The molecule has 1 saturated heterocycles. The topological polar surface area (TPSA) is 75.6 Å². The molecule has 0 bridgehead atoms. The molecule has 5 heteroatoms. The lowest BCUT2D eigenvalue weighted by Gasteiger charge is -2.23. The molecule has 1 aliphatic heterocycles. The van der Waals surface area contributed by atoms with Crippen LogP contribution in [0, 0.1) is 0 Å². The Bertz CT molecular complexity index is 576. The number of carbonyl (C=O) groups excluding carboxylic acids is 1. The number of nitrogens with one attached hydrogen (secondary N) is 1. The second-order valence-electron chi connectivity index (χ2n) is 5.87. The number of aryl methyl sites for hydroxylation is 2. The van der Waals surface area contributed by atoms with Gasteiger partial charge in [-0.05, 0) is 36.0 Å². The Kier molecular flexibility index (Phi) is 3.68. The number of hydrogen-bond acceptors (Lipinski definition) is 3. The molecule has 0 aromatic heterocycles. The number of fused-ring (bicyclic) bond motifs is 1. The first kappa shape index (κ1) is 14.1. The molecule has 2 aliphatic rings. The van der Waals surface area contributed by atoms with Crippen LogP contribution in [0.4, 0.5) is 0 Å². The molecule has 2 N–H and O–H groups in total. The molecule has 112 valence electrons. The summed E-state index contributed by atoms with van der Waals surface area (Å²) in [7, 11) is 0. The molecule has 0 spiro atoms. The second-order valence-corrected chi connectivity index (χ2v) is 5.87. The fourth-order valence-electron chi connectivity index (χ4n) is 3.12. The van der Waals surface area contributed by atoms with Crippen molar-refractivity contribution >= 4 is 11.9 Å². The third-order valence-electron chi connectivity index (χ3n) is 4.34. The van der Waals surface area contributed by atoms with Gasteiger partial charge in [-0.15, -0.1) is 0 Å². The van der Waals surface area contributed by atoms with E-state index in [0.717, 1.165) is 18.4 Å². The number of rotatable bonds is 4. The van der Waals surface area contributed by atoms with Gasteiger partial charge in [0.15, 0.2) is 5.54 Å². The first-order valence-electron chi connectivity index (χ1n) is 7.32. The van der Waals surface area contributed by atoms with E-state index in [4.69, 9.17) is 4.74 Å². The molecular formula is C16H19NO4. The van der Waals surface area contributed by atoms with E-state index in [1.54, 1.807) is 0 Å². The van der Waals surface area contributed by atoms with Crippen LogP contribution in [-0.4, -0.2) is 35.7 Å². The van der Waals surface area contributed by atoms with Crippen LogP contribution >= 0.6 is 0 Å². The van der Waals surface area contributed by atoms with Crippen molar-refractivity contribution in [2.75, 3.05) is 13.2 Å². The fraction of sp³-hybridized carbons (Fsp3) is 0.500. The first-order valence-corrected chi connectivity index (χ1v) is 7.32. The van der Waals surface area contributed by atoms with Gasteiger partial charge in [0.1, 0.15) is 0 Å². The van der Waals surface area contributed by atoms with Gasteiger partial charge in [0.05, 0.1) is 13.0 Å². The highest BCUT2D eigenvalue weighted by molar-refractivity contribution is 5.88. The summed E-state index contributed by atoms with van der Waals surface area (Å²) in [6.45, 7) is 0.406. The summed E-state index contributed by atoms with van der Waals surface area (Å²) in [4.78, 5) is 23.5. The number of ether oxygens (including phenoxy) is 1. The Labute approximate surface area is 123 Å². The van der Waals surface area contributed by atoms with E-state index in [2.05, 4.69) is 17.4 Å². The summed E-state index contributed by atoms with van der Waals surface area (Å²) in [5.41, 5.74) is 2.36. The average molecular weight is 289 g/mol. The molecule has 21 heavy (non-hydrogen) atoms. The fourth-order valence-corrected chi connectivity index (χ4v) is 3.12. The van der Waals surface area contributed by atoms with Crippen molar-refractivity contribution in [3.8, 4) is 0 Å². The van der Waals surface area contributed by atoms with Crippen LogP contribution in [-0.2, 0) is 33.6 Å². The summed E-state index contributed by atoms with van der Waals surface area (Å²) in [6.07, 6.45) is 3.88. The predicted octanol–water partition coefficient (Wildman–Crippen LogP) is 1.08. The van der Waals surface area contributed by atoms with Crippen LogP contribution in [0.3, 0.4) is 0 Å². The highest BCUT2D eigenvalue weighted by Gasteiger charge is 2.43. The van der Waals surface area contributed by atoms with Gasteiger partial charge in [-0.3, -0.25) is 4.79 Å². The van der Waals surface area contributed by atoms with Crippen LogP contribution in [0.1, 0.15) is 29.5 Å². The number of aliphatic carboxylic acids is 1. The lowest BCUT2D eigenvalue weighted by atomic mass is 9.98. The lowest BCUT2D eigenvalue weighted by molar-refractivity contribution is -0.147. The molecule has 1 atom stereocenters. The van der Waals surface area contributed by atoms with Crippen molar-refractivity contribution in [1.29, 1.82) is 0 Å². The molecule has 0 radical (unpaired) electrons. The zero-order chi connectivity index (χ0) is 14.9. The van der Waals surface area contributed by atoms with Crippen molar-refractivity contribution in [2.45, 2.75) is 37.6 Å². The summed E-state index contributed by atoms with van der Waals surface area (Å²) < 4.78 is 5.14. The monoisotopic (exact) mass is 289 g/mol. The molecule has 0 saturated carbocycles. The zero-order valence-corrected chi connectivity index (χ0v) is 11.9. The van der Waals surface area contributed by atoms with Gasteiger partial charge < -0.3 is 15.2 Å². The van der Waals surface area contributed by atoms with E-state index in [-0.39, 0.29) is 18.9 Å². The zero-order valence-electron chi connectivity index (χ0n) is 11.9. The lowest BCUT2D eigenvalue weighted by Crippen LogP contribution is -2.55. The van der Waals surface area contributed by atoms with Gasteiger partial charge in [-0.25, -0.2) is 4.79 Å². The summed E-state index contributed by atoms with van der Waals surface area (Å²) in [6, 6.07) is 6.11. The van der Waals surface area contributed by atoms with Crippen molar-refractivity contribution in [3.05, 3.63) is 34.9 Å². The van der Waals surface area contributed by atoms with Crippen LogP contribution in [0.15, 0.2) is 18.2 Å². The van der Waals surface area contributed by atoms with Crippen LogP contribution in [0.2, 0.25) is 0 Å². The minimum absolute atomic E-state index is 0.0399. The number of carboxylic acids is 1. The van der Waals surface area contributed by atoms with Crippen molar-refractivity contribution < 1.29 is 19.4 Å². The molecule has 1 unspecified atom stereocenters. The number of hydrogen-bond donors (Lipinski definition) is 2. The summed E-state index contributed by atoms with van der Waals surface area (Å²) >= 11 is 0. The molecule has 1 fully saturated rings. The molecule has 1 aromatic carbocycles. The smallest absolute Gasteiger partial charge is 0.331 e. The summed E-state index contributed by atoms with van der Waals surface area (Å²) in [5.74, 6) is -1.29. The molecular weight excluding hydrogens is 270 g/mol. The maximum atomic E-state index is 12.1. The van der Waals surface area contributed by atoms with Gasteiger partial charge in [-0.2, -0.15) is 0 Å². The quantitative estimate of drug-likeness (QED) is 0.869. The van der Waals surface area contributed by atoms with Crippen molar-refractivity contribution in [1.82, 2.24) is 5.32 Å². The average Bonchev–Trinajstić information content (AvgIpc) is 3.07. The maximum Gasteiger partial charge on any atom is 0.331 e. The van der Waals surface area contributed by atoms with E-state index >= 15 is 0 Å². The Morgan fingerprint density at radius 2 is 2.10 bits per heavy atom. The molecule has 3 rings (SSSR count). The normalized spacial score (nSPS) is 23.8. The third-order valence-corrected chi connectivity index (χ3v) is 4.34. The first-order chi connectivity index (χ1) is 10.1. The Balaban J connectivity index is 1.67. The molecule has 1 aliphatic carbocycles. The number of amides is 1. The molecule has 5 nitrogen and oxygen atoms in total. The number of carboxylic acid groups (broad SMARTS) is 1. The second kappa shape index (κ2) is 5.48. The highest BCUT2D eigenvalue weighted by Crippen LogP contribution is 2.23. The van der Waals surface area contributed by atoms with E-state index in [9.17, 15) is 14.7 Å². The predicted molar refractivity (Wildman–Crippen MR) is 76.1 cm³/mol. The van der Waals surface area contributed by atoms with Gasteiger partial charge in [-0.1, -0.05) is 18.2 Å². The van der Waals surface area contributed by atoms with Crippen LogP contribution < -0.4 is 5.32 Å². The number of carbonyl (C=O) groups is 2. The minimum atomic E-state index is -1.26. The van der Waals surface area contributed by atoms with E-state index < -0.39 is 11.5 Å². The van der Waals surface area contributed by atoms with E-state index in [0.29, 0.717) is 13.0 Å². The Morgan fingerprint density at radius 1 is 1.29 bits per heavy atom.